The molecule has 0 bridgehead atoms. The molecule has 0 fully saturated rings. The van der Waals surface area contributed by atoms with Crippen LogP contribution in [0.1, 0.15) is 34.5 Å². The maximum atomic E-state index is 12.5. The summed E-state index contributed by atoms with van der Waals surface area (Å²) in [6.45, 7) is 2.13. The smallest absolute Gasteiger partial charge is 0.379 e. The summed E-state index contributed by atoms with van der Waals surface area (Å²) in [6, 6.07) is 17.7. The van der Waals surface area contributed by atoms with E-state index in [1.165, 1.54) is 12.3 Å². The van der Waals surface area contributed by atoms with E-state index in [4.69, 9.17) is 29.1 Å². The molecule has 0 saturated carbocycles. The monoisotopic (exact) mass is 498 g/mol. The SMILES string of the molecule is CCOc1cc(C2C(C#N)=C(N)Oc3n[nH]c(-c4ccc(OC)cc4)c32)ccc1OC(=O)c1ccco1. The number of rotatable bonds is 7. The maximum Gasteiger partial charge on any atom is 0.379 e. The van der Waals surface area contributed by atoms with E-state index in [2.05, 4.69) is 16.3 Å². The number of hydrogen-bond acceptors (Lipinski definition) is 9. The van der Waals surface area contributed by atoms with Gasteiger partial charge in [-0.05, 0) is 61.0 Å². The molecule has 1 atom stereocenters. The van der Waals surface area contributed by atoms with Crippen LogP contribution >= 0.6 is 0 Å². The molecule has 1 unspecified atom stereocenters. The number of aromatic nitrogens is 2. The van der Waals surface area contributed by atoms with Crippen molar-refractivity contribution >= 4 is 5.97 Å². The summed E-state index contributed by atoms with van der Waals surface area (Å²) in [6.07, 6.45) is 1.39. The van der Waals surface area contributed by atoms with Gasteiger partial charge >= 0.3 is 5.97 Å². The molecule has 10 nitrogen and oxygen atoms in total. The number of methoxy groups -OCH3 is 1. The summed E-state index contributed by atoms with van der Waals surface area (Å²) in [7, 11) is 1.59. The Hall–Kier alpha value is -5.17. The summed E-state index contributed by atoms with van der Waals surface area (Å²) in [5, 5.41) is 17.3. The summed E-state index contributed by atoms with van der Waals surface area (Å²) in [4.78, 5) is 12.5. The molecule has 5 rings (SSSR count). The van der Waals surface area contributed by atoms with Crippen molar-refractivity contribution in [2.45, 2.75) is 12.8 Å². The van der Waals surface area contributed by atoms with Gasteiger partial charge < -0.3 is 29.1 Å². The van der Waals surface area contributed by atoms with Gasteiger partial charge in [0, 0.05) is 5.56 Å². The van der Waals surface area contributed by atoms with Gasteiger partial charge in [0.15, 0.2) is 11.5 Å². The number of esters is 1. The minimum atomic E-state index is -0.662. The Morgan fingerprint density at radius 1 is 1.19 bits per heavy atom. The van der Waals surface area contributed by atoms with Crippen molar-refractivity contribution in [2.24, 2.45) is 5.73 Å². The first-order chi connectivity index (χ1) is 18.0. The van der Waals surface area contributed by atoms with Crippen LogP contribution in [0.4, 0.5) is 0 Å². The number of nitrogens with zero attached hydrogens (tertiary/aromatic N) is 2. The number of benzene rings is 2. The first kappa shape index (κ1) is 23.6. The third kappa shape index (κ3) is 4.34. The van der Waals surface area contributed by atoms with E-state index in [1.54, 1.807) is 31.4 Å². The van der Waals surface area contributed by atoms with Crippen molar-refractivity contribution in [2.75, 3.05) is 13.7 Å². The van der Waals surface area contributed by atoms with E-state index in [-0.39, 0.29) is 28.8 Å². The lowest BCUT2D eigenvalue weighted by molar-refractivity contribution is 0.0695. The number of furan rings is 1. The van der Waals surface area contributed by atoms with Crippen molar-refractivity contribution in [3.63, 3.8) is 0 Å². The predicted octanol–water partition coefficient (Wildman–Crippen LogP) is 4.51. The van der Waals surface area contributed by atoms with Crippen LogP contribution < -0.4 is 24.7 Å². The van der Waals surface area contributed by atoms with Gasteiger partial charge in [0.2, 0.25) is 17.5 Å². The summed E-state index contributed by atoms with van der Waals surface area (Å²) in [5.74, 6) is 0.218. The molecule has 3 N–H and O–H groups in total. The van der Waals surface area contributed by atoms with E-state index < -0.39 is 11.9 Å². The van der Waals surface area contributed by atoms with Crippen LogP contribution in [0.3, 0.4) is 0 Å². The Morgan fingerprint density at radius 3 is 2.68 bits per heavy atom. The minimum absolute atomic E-state index is 0.0425. The second kappa shape index (κ2) is 9.83. The Morgan fingerprint density at radius 2 is 2.00 bits per heavy atom. The number of nitrogens with two attached hydrogens (primary N) is 1. The zero-order chi connectivity index (χ0) is 25.9. The van der Waals surface area contributed by atoms with Crippen LogP contribution in [0.15, 0.2) is 76.7 Å². The number of carbonyl (C=O) groups excluding carboxylic acids is 1. The van der Waals surface area contributed by atoms with Crippen LogP contribution in [-0.2, 0) is 0 Å². The molecular formula is C27H22N4O6. The lowest BCUT2D eigenvalue weighted by Gasteiger charge is -2.25. The van der Waals surface area contributed by atoms with Crippen molar-refractivity contribution in [1.29, 1.82) is 5.26 Å². The molecule has 0 amide bonds. The lowest BCUT2D eigenvalue weighted by Crippen LogP contribution is -2.21. The third-order valence-corrected chi connectivity index (χ3v) is 5.84. The number of nitriles is 1. The maximum absolute atomic E-state index is 12.5. The summed E-state index contributed by atoms with van der Waals surface area (Å²) < 4.78 is 27.4. The second-order valence-electron chi connectivity index (χ2n) is 7.98. The minimum Gasteiger partial charge on any atom is -0.497 e. The first-order valence-corrected chi connectivity index (χ1v) is 11.4. The van der Waals surface area contributed by atoms with Gasteiger partial charge in [-0.3, -0.25) is 5.10 Å². The van der Waals surface area contributed by atoms with Crippen molar-refractivity contribution in [1.82, 2.24) is 10.2 Å². The van der Waals surface area contributed by atoms with Gasteiger partial charge in [0.25, 0.3) is 0 Å². The van der Waals surface area contributed by atoms with Crippen molar-refractivity contribution in [3.8, 4) is 40.5 Å². The molecule has 0 radical (unpaired) electrons. The normalized spacial score (nSPS) is 14.4. The fraction of sp³-hybridized carbons (Fsp3) is 0.148. The molecule has 2 aromatic carbocycles. The summed E-state index contributed by atoms with van der Waals surface area (Å²) in [5.41, 5.74) is 9.11. The highest BCUT2D eigenvalue weighted by atomic mass is 16.6. The molecule has 37 heavy (non-hydrogen) atoms. The number of allylic oxidation sites excluding steroid dienone is 1. The van der Waals surface area contributed by atoms with Crippen molar-refractivity contribution in [3.05, 3.63) is 89.2 Å². The second-order valence-corrected chi connectivity index (χ2v) is 7.98. The lowest BCUT2D eigenvalue weighted by atomic mass is 9.83. The number of nitrogens with one attached hydrogen (secondary N) is 1. The number of H-pyrrole nitrogens is 1. The van der Waals surface area contributed by atoms with Crippen LogP contribution in [0.2, 0.25) is 0 Å². The van der Waals surface area contributed by atoms with Gasteiger partial charge in [-0.15, -0.1) is 5.10 Å². The molecule has 1 aliphatic heterocycles. The van der Waals surface area contributed by atoms with Gasteiger partial charge in [-0.25, -0.2) is 4.79 Å². The zero-order valence-corrected chi connectivity index (χ0v) is 20.0. The molecule has 3 heterocycles. The number of hydrogen-bond donors (Lipinski definition) is 2. The van der Waals surface area contributed by atoms with Gasteiger partial charge in [-0.2, -0.15) is 5.26 Å². The standard InChI is InChI=1S/C27H22N4O6/c1-3-34-21-13-16(8-11-19(21)36-27(32)20-5-4-12-35-20)22-18(14-28)25(29)37-26-23(22)24(30-31-26)15-6-9-17(33-2)10-7-15/h4-13,22H,3,29H2,1-2H3,(H,30,31). The van der Waals surface area contributed by atoms with E-state index in [0.29, 0.717) is 34.9 Å². The highest BCUT2D eigenvalue weighted by Crippen LogP contribution is 2.47. The average Bonchev–Trinajstić information content (AvgIpc) is 3.60. The Labute approximate surface area is 211 Å². The number of aromatic amines is 1. The Balaban J connectivity index is 1.59. The highest BCUT2D eigenvalue weighted by Gasteiger charge is 2.36. The first-order valence-electron chi connectivity index (χ1n) is 11.4. The average molecular weight is 498 g/mol. The number of carbonyl (C=O) groups is 1. The molecule has 186 valence electrons. The number of fused-ring (bicyclic) bond motifs is 1. The van der Waals surface area contributed by atoms with E-state index >= 15 is 0 Å². The molecule has 0 saturated heterocycles. The largest absolute Gasteiger partial charge is 0.497 e. The topological polar surface area (TPSA) is 146 Å². The van der Waals surface area contributed by atoms with E-state index in [9.17, 15) is 10.1 Å². The van der Waals surface area contributed by atoms with Gasteiger partial charge in [-0.1, -0.05) is 6.07 Å². The van der Waals surface area contributed by atoms with Crippen LogP contribution in [-0.4, -0.2) is 29.9 Å². The Kier molecular flexibility index (Phi) is 6.26. The quantitative estimate of drug-likeness (QED) is 0.277. The Bertz CT molecular complexity index is 1510. The van der Waals surface area contributed by atoms with Crippen LogP contribution in [0.25, 0.3) is 11.3 Å². The van der Waals surface area contributed by atoms with Crippen molar-refractivity contribution < 1.29 is 28.2 Å². The van der Waals surface area contributed by atoms with Crippen LogP contribution in [0.5, 0.6) is 23.1 Å². The molecule has 0 aliphatic carbocycles. The molecular weight excluding hydrogens is 476 g/mol. The number of ether oxygens (including phenoxy) is 4. The van der Waals surface area contributed by atoms with Gasteiger partial charge in [0.1, 0.15) is 17.4 Å². The molecule has 4 aromatic rings. The highest BCUT2D eigenvalue weighted by molar-refractivity contribution is 5.88. The fourth-order valence-corrected chi connectivity index (χ4v) is 4.16. The van der Waals surface area contributed by atoms with Crippen LogP contribution in [0, 0.1) is 11.3 Å². The third-order valence-electron chi connectivity index (χ3n) is 5.84. The van der Waals surface area contributed by atoms with Gasteiger partial charge in [0.05, 0.1) is 37.2 Å². The predicted molar refractivity (Wildman–Crippen MR) is 131 cm³/mol. The molecule has 10 heteroatoms. The molecule has 2 aromatic heterocycles. The molecule has 0 spiro atoms. The van der Waals surface area contributed by atoms with E-state index in [1.807, 2.05) is 31.2 Å². The summed E-state index contributed by atoms with van der Waals surface area (Å²) >= 11 is 0. The fourth-order valence-electron chi connectivity index (χ4n) is 4.16. The molecule has 1 aliphatic rings. The van der Waals surface area contributed by atoms with E-state index in [0.717, 1.165) is 5.56 Å². The zero-order valence-electron chi connectivity index (χ0n) is 20.0.